The quantitative estimate of drug-likeness (QED) is 0.418. The molecule has 0 aromatic rings. The van der Waals surface area contributed by atoms with E-state index in [-0.39, 0.29) is 5.92 Å². The summed E-state index contributed by atoms with van der Waals surface area (Å²) in [6, 6.07) is 0. The molecule has 144 valence electrons. The van der Waals surface area contributed by atoms with Crippen LogP contribution in [0.2, 0.25) is 0 Å². The molecule has 0 spiro atoms. The van der Waals surface area contributed by atoms with Crippen LogP contribution in [0.5, 0.6) is 0 Å². The van der Waals surface area contributed by atoms with Gasteiger partial charge in [0.05, 0.1) is 7.11 Å². The zero-order valence-electron chi connectivity index (χ0n) is 17.0. The summed E-state index contributed by atoms with van der Waals surface area (Å²) in [5.41, 5.74) is 0. The van der Waals surface area contributed by atoms with Gasteiger partial charge in [0, 0.05) is 0 Å². The summed E-state index contributed by atoms with van der Waals surface area (Å²) in [7, 11) is 1.32. The Morgan fingerprint density at radius 2 is 1.21 bits per heavy atom. The first-order valence-corrected chi connectivity index (χ1v) is 10.0. The molecule has 0 bridgehead atoms. The highest BCUT2D eigenvalue weighted by Gasteiger charge is 2.22. The number of hydrogen-bond donors (Lipinski definition) is 1. The van der Waals surface area contributed by atoms with E-state index < -0.39 is 12.1 Å². The zero-order valence-corrected chi connectivity index (χ0v) is 17.0. The van der Waals surface area contributed by atoms with Crippen molar-refractivity contribution in [3.63, 3.8) is 0 Å². The van der Waals surface area contributed by atoms with E-state index in [0.29, 0.717) is 0 Å². The Balaban J connectivity index is 3.69. The molecule has 4 unspecified atom stereocenters. The van der Waals surface area contributed by atoms with Crippen molar-refractivity contribution in [2.24, 2.45) is 23.7 Å². The van der Waals surface area contributed by atoms with Crippen LogP contribution in [0, 0.1) is 23.7 Å². The molecule has 0 aromatic heterocycles. The van der Waals surface area contributed by atoms with Crippen molar-refractivity contribution in [1.82, 2.24) is 0 Å². The molecule has 3 nitrogen and oxygen atoms in total. The van der Waals surface area contributed by atoms with E-state index in [4.69, 9.17) is 0 Å². The number of carbonyl (C=O) groups excluding carboxylic acids is 1. The van der Waals surface area contributed by atoms with E-state index in [1.807, 2.05) is 6.92 Å². The summed E-state index contributed by atoms with van der Waals surface area (Å²) in [5, 5.41) is 9.78. The number of methoxy groups -OCH3 is 1. The van der Waals surface area contributed by atoms with Gasteiger partial charge in [-0.3, -0.25) is 0 Å². The highest BCUT2D eigenvalue weighted by Crippen LogP contribution is 2.22. The maximum Gasteiger partial charge on any atom is 0.334 e. The topological polar surface area (TPSA) is 46.5 Å². The Bertz CT molecular complexity index is 314. The van der Waals surface area contributed by atoms with E-state index >= 15 is 0 Å². The van der Waals surface area contributed by atoms with Crippen LogP contribution in [-0.4, -0.2) is 24.3 Å². The first-order valence-electron chi connectivity index (χ1n) is 10.0. The van der Waals surface area contributed by atoms with E-state index in [9.17, 15) is 9.90 Å². The van der Waals surface area contributed by atoms with Gasteiger partial charge in [-0.05, 0) is 30.1 Å². The monoisotopic (exact) mass is 342 g/mol. The minimum atomic E-state index is -0.975. The molecule has 3 heteroatoms. The van der Waals surface area contributed by atoms with Crippen LogP contribution >= 0.6 is 0 Å². The normalized spacial score (nSPS) is 16.7. The Kier molecular flexibility index (Phi) is 13.4. The highest BCUT2D eigenvalue weighted by molar-refractivity contribution is 5.74. The highest BCUT2D eigenvalue weighted by atomic mass is 16.5. The van der Waals surface area contributed by atoms with Crippen molar-refractivity contribution in [1.29, 1.82) is 0 Å². The van der Waals surface area contributed by atoms with Gasteiger partial charge in [-0.2, -0.15) is 0 Å². The third-order valence-electron chi connectivity index (χ3n) is 5.21. The number of esters is 1. The lowest BCUT2D eigenvalue weighted by molar-refractivity contribution is -0.153. The fraction of sp³-hybridized carbons (Fsp3) is 0.952. The number of carbonyl (C=O) groups is 1. The van der Waals surface area contributed by atoms with Gasteiger partial charge in [0.2, 0.25) is 0 Å². The summed E-state index contributed by atoms with van der Waals surface area (Å²) in [6.07, 6.45) is 10.2. The summed E-state index contributed by atoms with van der Waals surface area (Å²) in [5.74, 6) is 1.88. The zero-order chi connectivity index (χ0) is 18.5. The second kappa shape index (κ2) is 13.7. The van der Waals surface area contributed by atoms with E-state index in [2.05, 4.69) is 32.4 Å². The second-order valence-electron chi connectivity index (χ2n) is 8.34. The fourth-order valence-corrected chi connectivity index (χ4v) is 3.28. The molecule has 0 amide bonds. The third-order valence-corrected chi connectivity index (χ3v) is 5.21. The predicted molar refractivity (Wildman–Crippen MR) is 102 cm³/mol. The molecule has 1 N–H and O–H groups in total. The second-order valence-corrected chi connectivity index (χ2v) is 8.34. The first kappa shape index (κ1) is 23.4. The standard InChI is InChI=1S/C21H42O3/c1-16(2)10-7-11-17(3)12-8-13-18(4)14-9-15-19(5)20(22)21(23)24-6/h16-20,22H,7-15H2,1-6H3. The summed E-state index contributed by atoms with van der Waals surface area (Å²) < 4.78 is 4.59. The van der Waals surface area contributed by atoms with Gasteiger partial charge in [0.1, 0.15) is 0 Å². The largest absolute Gasteiger partial charge is 0.467 e. The number of aliphatic hydroxyl groups excluding tert-OH is 1. The van der Waals surface area contributed by atoms with Crippen LogP contribution in [-0.2, 0) is 9.53 Å². The van der Waals surface area contributed by atoms with Crippen LogP contribution in [0.15, 0.2) is 0 Å². The van der Waals surface area contributed by atoms with Gasteiger partial charge in [0.25, 0.3) is 0 Å². The number of ether oxygens (including phenoxy) is 1. The molecule has 4 atom stereocenters. The SMILES string of the molecule is COC(=O)C(O)C(C)CCCC(C)CCCC(C)CCCC(C)C. The Morgan fingerprint density at radius 1 is 0.792 bits per heavy atom. The molecule has 0 aliphatic heterocycles. The van der Waals surface area contributed by atoms with Crippen LogP contribution in [0.4, 0.5) is 0 Å². The molecule has 0 aliphatic carbocycles. The molecular weight excluding hydrogens is 300 g/mol. The molecule has 24 heavy (non-hydrogen) atoms. The van der Waals surface area contributed by atoms with Gasteiger partial charge in [-0.15, -0.1) is 0 Å². The predicted octanol–water partition coefficient (Wildman–Crippen LogP) is 5.60. The lowest BCUT2D eigenvalue weighted by Crippen LogP contribution is -2.28. The minimum Gasteiger partial charge on any atom is -0.467 e. The van der Waals surface area contributed by atoms with Crippen LogP contribution in [0.1, 0.15) is 92.4 Å². The summed E-state index contributed by atoms with van der Waals surface area (Å²) in [6.45, 7) is 11.2. The minimum absolute atomic E-state index is 0.0226. The average molecular weight is 343 g/mol. The molecule has 0 aromatic carbocycles. The fourth-order valence-electron chi connectivity index (χ4n) is 3.28. The van der Waals surface area contributed by atoms with Crippen molar-refractivity contribution in [3.8, 4) is 0 Å². The van der Waals surface area contributed by atoms with Crippen molar-refractivity contribution >= 4 is 5.97 Å². The lowest BCUT2D eigenvalue weighted by Gasteiger charge is -2.18. The van der Waals surface area contributed by atoms with Gasteiger partial charge in [0.15, 0.2) is 6.10 Å². The first-order chi connectivity index (χ1) is 11.3. The van der Waals surface area contributed by atoms with Crippen LogP contribution in [0.3, 0.4) is 0 Å². The van der Waals surface area contributed by atoms with Crippen LogP contribution < -0.4 is 0 Å². The van der Waals surface area contributed by atoms with Crippen LogP contribution in [0.25, 0.3) is 0 Å². The van der Waals surface area contributed by atoms with Crippen molar-refractivity contribution in [3.05, 3.63) is 0 Å². The molecular formula is C21H42O3. The van der Waals surface area contributed by atoms with Crippen molar-refractivity contribution in [2.75, 3.05) is 7.11 Å². The third kappa shape index (κ3) is 11.9. The van der Waals surface area contributed by atoms with E-state index in [1.54, 1.807) is 0 Å². The number of hydrogen-bond acceptors (Lipinski definition) is 3. The van der Waals surface area contributed by atoms with Gasteiger partial charge in [-0.1, -0.05) is 86.0 Å². The van der Waals surface area contributed by atoms with Gasteiger partial charge < -0.3 is 9.84 Å². The number of rotatable bonds is 14. The molecule has 0 heterocycles. The lowest BCUT2D eigenvalue weighted by atomic mass is 9.90. The maximum atomic E-state index is 11.3. The maximum absolute atomic E-state index is 11.3. The van der Waals surface area contributed by atoms with Gasteiger partial charge >= 0.3 is 5.97 Å². The van der Waals surface area contributed by atoms with E-state index in [0.717, 1.165) is 30.6 Å². The van der Waals surface area contributed by atoms with Crippen molar-refractivity contribution < 1.29 is 14.6 Å². The smallest absolute Gasteiger partial charge is 0.334 e. The molecule has 0 aliphatic rings. The van der Waals surface area contributed by atoms with Gasteiger partial charge in [-0.25, -0.2) is 4.79 Å². The molecule has 0 saturated heterocycles. The van der Waals surface area contributed by atoms with E-state index in [1.165, 1.54) is 52.1 Å². The van der Waals surface area contributed by atoms with Crippen molar-refractivity contribution in [2.45, 2.75) is 98.5 Å². The Hall–Kier alpha value is -0.570. The molecule has 0 rings (SSSR count). The molecule has 0 fully saturated rings. The Labute approximate surface area is 150 Å². The average Bonchev–Trinajstić information content (AvgIpc) is 2.52. The Morgan fingerprint density at radius 3 is 1.62 bits per heavy atom. The number of aliphatic hydroxyl groups is 1. The molecule has 0 radical (unpaired) electrons. The summed E-state index contributed by atoms with van der Waals surface area (Å²) >= 11 is 0. The summed E-state index contributed by atoms with van der Waals surface area (Å²) in [4.78, 5) is 11.3. The molecule has 0 saturated carbocycles.